The minimum atomic E-state index is -0.459. The Bertz CT molecular complexity index is 515. The minimum absolute atomic E-state index is 0.246. The fraction of sp³-hybridized carbons (Fsp3) is 0.308. The van der Waals surface area contributed by atoms with E-state index in [2.05, 4.69) is 4.98 Å². The standard InChI is InChI=1S/C13H14FNOS2/c1-9-15-11(7-17-9)6-12(16)8-18-13-4-2-3-10(14)5-13/h2-5,7,12,16H,6,8H2,1H3. The Kier molecular flexibility index (Phi) is 4.74. The van der Waals surface area contributed by atoms with Crippen molar-refractivity contribution in [3.8, 4) is 0 Å². The van der Waals surface area contributed by atoms with E-state index in [1.807, 2.05) is 18.4 Å². The van der Waals surface area contributed by atoms with Gasteiger partial charge in [0.05, 0.1) is 16.8 Å². The van der Waals surface area contributed by atoms with Crippen molar-refractivity contribution in [3.63, 3.8) is 0 Å². The topological polar surface area (TPSA) is 33.1 Å². The van der Waals surface area contributed by atoms with Gasteiger partial charge in [-0.15, -0.1) is 23.1 Å². The van der Waals surface area contributed by atoms with Gasteiger partial charge in [0, 0.05) is 22.4 Å². The average molecular weight is 283 g/mol. The first-order valence-corrected chi connectivity index (χ1v) is 7.47. The summed E-state index contributed by atoms with van der Waals surface area (Å²) in [7, 11) is 0. The molecule has 5 heteroatoms. The molecule has 0 spiro atoms. The highest BCUT2D eigenvalue weighted by molar-refractivity contribution is 7.99. The fourth-order valence-corrected chi connectivity index (χ4v) is 3.05. The first-order valence-electron chi connectivity index (χ1n) is 5.61. The Labute approximate surface area is 114 Å². The second kappa shape index (κ2) is 6.31. The molecule has 1 aromatic heterocycles. The van der Waals surface area contributed by atoms with Crippen molar-refractivity contribution >= 4 is 23.1 Å². The van der Waals surface area contributed by atoms with E-state index in [1.165, 1.54) is 23.9 Å². The van der Waals surface area contributed by atoms with Crippen LogP contribution < -0.4 is 0 Å². The van der Waals surface area contributed by atoms with Crippen molar-refractivity contribution in [2.24, 2.45) is 0 Å². The molecule has 0 saturated heterocycles. The van der Waals surface area contributed by atoms with E-state index >= 15 is 0 Å². The summed E-state index contributed by atoms with van der Waals surface area (Å²) >= 11 is 3.04. The van der Waals surface area contributed by atoms with E-state index in [0.29, 0.717) is 12.2 Å². The molecule has 2 rings (SSSR count). The summed E-state index contributed by atoms with van der Waals surface area (Å²) in [5.41, 5.74) is 0.921. The number of benzene rings is 1. The van der Waals surface area contributed by atoms with Gasteiger partial charge in [0.25, 0.3) is 0 Å². The zero-order valence-electron chi connectivity index (χ0n) is 9.97. The summed E-state index contributed by atoms with van der Waals surface area (Å²) in [5, 5.41) is 12.9. The lowest BCUT2D eigenvalue weighted by molar-refractivity contribution is 0.199. The van der Waals surface area contributed by atoms with Crippen LogP contribution in [0.2, 0.25) is 0 Å². The number of aliphatic hydroxyl groups is 1. The Morgan fingerprint density at radius 2 is 2.33 bits per heavy atom. The Morgan fingerprint density at radius 3 is 3.00 bits per heavy atom. The normalized spacial score (nSPS) is 12.6. The van der Waals surface area contributed by atoms with Gasteiger partial charge in [0.1, 0.15) is 5.82 Å². The number of aromatic nitrogens is 1. The molecule has 18 heavy (non-hydrogen) atoms. The third kappa shape index (κ3) is 4.08. The summed E-state index contributed by atoms with van der Waals surface area (Å²) in [6.45, 7) is 1.95. The van der Waals surface area contributed by atoms with E-state index in [-0.39, 0.29) is 5.82 Å². The number of aryl methyl sites for hydroxylation is 1. The zero-order valence-corrected chi connectivity index (χ0v) is 11.6. The SMILES string of the molecule is Cc1nc(CC(O)CSc2cccc(F)c2)cs1. The van der Waals surface area contributed by atoms with Gasteiger partial charge in [-0.3, -0.25) is 0 Å². The summed E-state index contributed by atoms with van der Waals surface area (Å²) in [6.07, 6.45) is 0.0897. The van der Waals surface area contributed by atoms with Gasteiger partial charge < -0.3 is 5.11 Å². The summed E-state index contributed by atoms with van der Waals surface area (Å²) in [5.74, 6) is 0.296. The number of hydrogen-bond donors (Lipinski definition) is 1. The minimum Gasteiger partial charge on any atom is -0.392 e. The van der Waals surface area contributed by atoms with Crippen LogP contribution in [-0.2, 0) is 6.42 Å². The van der Waals surface area contributed by atoms with Crippen LogP contribution in [0.3, 0.4) is 0 Å². The highest BCUT2D eigenvalue weighted by Gasteiger charge is 2.09. The van der Waals surface area contributed by atoms with Crippen molar-refractivity contribution in [3.05, 3.63) is 46.2 Å². The number of aliphatic hydroxyl groups excluding tert-OH is 1. The van der Waals surface area contributed by atoms with E-state index in [0.717, 1.165) is 15.6 Å². The molecule has 0 amide bonds. The van der Waals surface area contributed by atoms with E-state index in [1.54, 1.807) is 17.4 Å². The summed E-state index contributed by atoms with van der Waals surface area (Å²) < 4.78 is 13.0. The van der Waals surface area contributed by atoms with Crippen molar-refractivity contribution in [1.82, 2.24) is 4.98 Å². The maximum atomic E-state index is 13.0. The Morgan fingerprint density at radius 1 is 1.50 bits per heavy atom. The van der Waals surface area contributed by atoms with E-state index in [9.17, 15) is 9.50 Å². The van der Waals surface area contributed by atoms with E-state index < -0.39 is 6.10 Å². The molecule has 0 fully saturated rings. The highest BCUT2D eigenvalue weighted by atomic mass is 32.2. The van der Waals surface area contributed by atoms with Crippen molar-refractivity contribution in [2.45, 2.75) is 24.3 Å². The third-order valence-electron chi connectivity index (χ3n) is 2.35. The smallest absolute Gasteiger partial charge is 0.124 e. The largest absolute Gasteiger partial charge is 0.392 e. The number of rotatable bonds is 5. The first kappa shape index (κ1) is 13.5. The number of thioether (sulfide) groups is 1. The average Bonchev–Trinajstić information content (AvgIpc) is 2.72. The maximum absolute atomic E-state index is 13.0. The molecule has 1 aromatic carbocycles. The zero-order chi connectivity index (χ0) is 13.0. The molecule has 1 unspecified atom stereocenters. The Balaban J connectivity index is 1.83. The summed E-state index contributed by atoms with van der Waals surface area (Å²) in [6, 6.07) is 6.41. The van der Waals surface area contributed by atoms with Crippen LogP contribution >= 0.6 is 23.1 Å². The van der Waals surface area contributed by atoms with Gasteiger partial charge in [0.2, 0.25) is 0 Å². The molecule has 1 heterocycles. The molecular weight excluding hydrogens is 269 g/mol. The van der Waals surface area contributed by atoms with Gasteiger partial charge in [-0.2, -0.15) is 0 Å². The van der Waals surface area contributed by atoms with Gasteiger partial charge in [0.15, 0.2) is 0 Å². The van der Waals surface area contributed by atoms with Crippen molar-refractivity contribution in [1.29, 1.82) is 0 Å². The number of halogens is 1. The number of nitrogens with zero attached hydrogens (tertiary/aromatic N) is 1. The van der Waals surface area contributed by atoms with Crippen molar-refractivity contribution in [2.75, 3.05) is 5.75 Å². The first-order chi connectivity index (χ1) is 8.63. The summed E-state index contributed by atoms with van der Waals surface area (Å²) in [4.78, 5) is 5.15. The van der Waals surface area contributed by atoms with Crippen LogP contribution in [0.1, 0.15) is 10.7 Å². The third-order valence-corrected chi connectivity index (χ3v) is 4.31. The molecule has 0 saturated carbocycles. The fourth-order valence-electron chi connectivity index (χ4n) is 1.55. The highest BCUT2D eigenvalue weighted by Crippen LogP contribution is 2.20. The maximum Gasteiger partial charge on any atom is 0.124 e. The van der Waals surface area contributed by atoms with Crippen molar-refractivity contribution < 1.29 is 9.50 Å². The molecule has 1 atom stereocenters. The quantitative estimate of drug-likeness (QED) is 0.855. The molecule has 2 aromatic rings. The van der Waals surface area contributed by atoms with Gasteiger partial charge >= 0.3 is 0 Å². The Hall–Kier alpha value is -0.910. The monoisotopic (exact) mass is 283 g/mol. The lowest BCUT2D eigenvalue weighted by Crippen LogP contribution is -2.13. The van der Waals surface area contributed by atoms with Crippen LogP contribution in [-0.4, -0.2) is 21.9 Å². The predicted molar refractivity (Wildman–Crippen MR) is 73.7 cm³/mol. The van der Waals surface area contributed by atoms with Crippen LogP contribution in [0.15, 0.2) is 34.5 Å². The van der Waals surface area contributed by atoms with Crippen LogP contribution in [0, 0.1) is 12.7 Å². The molecule has 1 N–H and O–H groups in total. The van der Waals surface area contributed by atoms with Crippen LogP contribution in [0.25, 0.3) is 0 Å². The predicted octanol–water partition coefficient (Wildman–Crippen LogP) is 3.29. The van der Waals surface area contributed by atoms with Gasteiger partial charge in [-0.05, 0) is 25.1 Å². The van der Waals surface area contributed by atoms with Crippen LogP contribution in [0.5, 0.6) is 0 Å². The second-order valence-corrected chi connectivity index (χ2v) is 6.14. The molecule has 0 aliphatic heterocycles. The van der Waals surface area contributed by atoms with Gasteiger partial charge in [-0.25, -0.2) is 9.37 Å². The van der Waals surface area contributed by atoms with Crippen LogP contribution in [0.4, 0.5) is 4.39 Å². The molecular formula is C13H14FNOS2. The molecule has 96 valence electrons. The lowest BCUT2D eigenvalue weighted by Gasteiger charge is -2.08. The lowest BCUT2D eigenvalue weighted by atomic mass is 10.2. The second-order valence-electron chi connectivity index (χ2n) is 3.98. The molecule has 2 nitrogen and oxygen atoms in total. The molecule has 0 bridgehead atoms. The molecule has 0 aliphatic rings. The van der Waals surface area contributed by atoms with Gasteiger partial charge in [-0.1, -0.05) is 6.07 Å². The van der Waals surface area contributed by atoms with E-state index in [4.69, 9.17) is 0 Å². The number of thiazole rings is 1. The molecule has 0 radical (unpaired) electrons. The number of hydrogen-bond acceptors (Lipinski definition) is 4. The molecule has 0 aliphatic carbocycles.